The Morgan fingerprint density at radius 1 is 1.48 bits per heavy atom. The second-order valence-electron chi connectivity index (χ2n) is 5.70. The third kappa shape index (κ3) is 3.06. The number of likely N-dealkylation sites (tertiary alicyclic amines) is 1. The monoisotopic (exact) mass is 291 g/mol. The number of aromatic nitrogens is 2. The Labute approximate surface area is 124 Å². The van der Waals surface area contributed by atoms with Crippen LogP contribution in [0.1, 0.15) is 36.5 Å². The maximum atomic E-state index is 12.4. The van der Waals surface area contributed by atoms with Crippen LogP contribution in [0.4, 0.5) is 0 Å². The van der Waals surface area contributed by atoms with Crippen molar-refractivity contribution in [1.29, 1.82) is 0 Å². The lowest BCUT2D eigenvalue weighted by Gasteiger charge is -2.38. The van der Waals surface area contributed by atoms with Gasteiger partial charge >= 0.3 is 0 Å². The molecule has 0 unspecified atom stereocenters. The van der Waals surface area contributed by atoms with Crippen molar-refractivity contribution in [3.63, 3.8) is 0 Å². The summed E-state index contributed by atoms with van der Waals surface area (Å²) < 4.78 is 11.6. The van der Waals surface area contributed by atoms with Crippen molar-refractivity contribution in [2.75, 3.05) is 26.3 Å². The van der Waals surface area contributed by atoms with E-state index in [1.54, 1.807) is 12.3 Å². The van der Waals surface area contributed by atoms with E-state index in [0.717, 1.165) is 39.0 Å². The average molecular weight is 291 g/mol. The van der Waals surface area contributed by atoms with E-state index in [2.05, 4.69) is 10.2 Å². The van der Waals surface area contributed by atoms with Crippen molar-refractivity contribution in [3.8, 4) is 0 Å². The Kier molecular flexibility index (Phi) is 4.17. The first-order valence-electron chi connectivity index (χ1n) is 7.54. The molecule has 0 bridgehead atoms. The molecule has 0 N–H and O–H groups in total. The minimum Gasteiger partial charge on any atom is -0.376 e. The molecule has 0 aromatic carbocycles. The number of piperidine rings is 1. The van der Waals surface area contributed by atoms with Crippen molar-refractivity contribution >= 4 is 5.91 Å². The zero-order chi connectivity index (χ0) is 14.7. The molecule has 6 nitrogen and oxygen atoms in total. The van der Waals surface area contributed by atoms with Crippen molar-refractivity contribution in [3.05, 3.63) is 24.0 Å². The van der Waals surface area contributed by atoms with Gasteiger partial charge in [-0.15, -0.1) is 0 Å². The molecule has 1 atom stereocenters. The fraction of sp³-hybridized carbons (Fsp3) is 0.667. The quantitative estimate of drug-likeness (QED) is 0.839. The number of amides is 1. The van der Waals surface area contributed by atoms with Crippen LogP contribution in [0, 0.1) is 0 Å². The van der Waals surface area contributed by atoms with Gasteiger partial charge in [-0.1, -0.05) is 0 Å². The molecule has 2 fully saturated rings. The first-order valence-corrected chi connectivity index (χ1v) is 7.54. The molecule has 3 rings (SSSR count). The molecule has 1 amide bonds. The van der Waals surface area contributed by atoms with Crippen LogP contribution in [0.5, 0.6) is 0 Å². The second kappa shape index (κ2) is 6.07. The van der Waals surface area contributed by atoms with Gasteiger partial charge < -0.3 is 14.4 Å². The van der Waals surface area contributed by atoms with Gasteiger partial charge in [0, 0.05) is 26.1 Å². The molecule has 114 valence electrons. The zero-order valence-corrected chi connectivity index (χ0v) is 12.3. The molecule has 1 spiro atoms. The SMILES string of the molecule is CCO[C@@H]1COC2(CCN(C(=O)c3ccnnc3)CC2)C1. The Balaban J connectivity index is 1.57. The number of ether oxygens (including phenoxy) is 2. The fourth-order valence-corrected chi connectivity index (χ4v) is 3.21. The predicted molar refractivity (Wildman–Crippen MR) is 75.9 cm³/mol. The van der Waals surface area contributed by atoms with Crippen molar-refractivity contribution in [2.45, 2.75) is 37.9 Å². The van der Waals surface area contributed by atoms with Crippen molar-refractivity contribution in [1.82, 2.24) is 15.1 Å². The highest BCUT2D eigenvalue weighted by atomic mass is 16.6. The smallest absolute Gasteiger partial charge is 0.255 e. The van der Waals surface area contributed by atoms with Crippen LogP contribution in [0.15, 0.2) is 18.5 Å². The Hall–Kier alpha value is -1.53. The van der Waals surface area contributed by atoms with Crippen LogP contribution in [0.25, 0.3) is 0 Å². The maximum absolute atomic E-state index is 12.4. The summed E-state index contributed by atoms with van der Waals surface area (Å²) in [7, 11) is 0. The lowest BCUT2D eigenvalue weighted by molar-refractivity contribution is -0.0407. The number of rotatable bonds is 3. The second-order valence-corrected chi connectivity index (χ2v) is 5.70. The standard InChI is InChI=1S/C15H21N3O3/c1-2-20-13-9-15(21-11-13)4-7-18(8-5-15)14(19)12-3-6-16-17-10-12/h3,6,10,13H,2,4-5,7-9,11H2,1H3/t13-/m0/s1. The Bertz CT molecular complexity index is 486. The van der Waals surface area contributed by atoms with E-state index in [9.17, 15) is 4.79 Å². The summed E-state index contributed by atoms with van der Waals surface area (Å²) >= 11 is 0. The van der Waals surface area contributed by atoms with Gasteiger partial charge in [-0.25, -0.2) is 0 Å². The van der Waals surface area contributed by atoms with Gasteiger partial charge in [0.15, 0.2) is 0 Å². The summed E-state index contributed by atoms with van der Waals surface area (Å²) in [6.45, 7) is 4.86. The molecule has 1 aromatic rings. The lowest BCUT2D eigenvalue weighted by atomic mass is 9.88. The number of carbonyl (C=O) groups excluding carboxylic acids is 1. The molecule has 1 aromatic heterocycles. The minimum absolute atomic E-state index is 0.0269. The van der Waals surface area contributed by atoms with E-state index in [0.29, 0.717) is 12.2 Å². The van der Waals surface area contributed by atoms with E-state index >= 15 is 0 Å². The molecule has 0 aliphatic carbocycles. The van der Waals surface area contributed by atoms with Crippen LogP contribution in [0.3, 0.4) is 0 Å². The molecule has 0 saturated carbocycles. The van der Waals surface area contributed by atoms with E-state index < -0.39 is 0 Å². The van der Waals surface area contributed by atoms with Gasteiger partial charge in [-0.2, -0.15) is 10.2 Å². The highest BCUT2D eigenvalue weighted by Gasteiger charge is 2.43. The van der Waals surface area contributed by atoms with Gasteiger partial charge in [0.25, 0.3) is 5.91 Å². The van der Waals surface area contributed by atoms with Gasteiger partial charge in [0.05, 0.1) is 36.3 Å². The molecule has 6 heteroatoms. The molecule has 2 aliphatic rings. The summed E-state index contributed by atoms with van der Waals surface area (Å²) in [5.74, 6) is 0.0269. The number of hydrogen-bond donors (Lipinski definition) is 0. The molecular formula is C15H21N3O3. The lowest BCUT2D eigenvalue weighted by Crippen LogP contribution is -2.46. The van der Waals surface area contributed by atoms with E-state index in [-0.39, 0.29) is 17.6 Å². The number of nitrogens with zero attached hydrogens (tertiary/aromatic N) is 3. The fourth-order valence-electron chi connectivity index (χ4n) is 3.21. The summed E-state index contributed by atoms with van der Waals surface area (Å²) in [4.78, 5) is 14.2. The summed E-state index contributed by atoms with van der Waals surface area (Å²) in [5, 5.41) is 7.47. The maximum Gasteiger partial charge on any atom is 0.255 e. The molecule has 3 heterocycles. The van der Waals surface area contributed by atoms with E-state index in [1.807, 2.05) is 11.8 Å². The summed E-state index contributed by atoms with van der Waals surface area (Å²) in [6.07, 6.45) is 5.97. The Morgan fingerprint density at radius 2 is 2.29 bits per heavy atom. The van der Waals surface area contributed by atoms with Gasteiger partial charge in [0.2, 0.25) is 0 Å². The molecule has 21 heavy (non-hydrogen) atoms. The van der Waals surface area contributed by atoms with Crippen LogP contribution >= 0.6 is 0 Å². The predicted octanol–water partition coefficient (Wildman–Crippen LogP) is 1.28. The molecule has 0 radical (unpaired) electrons. The zero-order valence-electron chi connectivity index (χ0n) is 12.3. The Morgan fingerprint density at radius 3 is 2.95 bits per heavy atom. The van der Waals surface area contributed by atoms with Gasteiger partial charge in [-0.3, -0.25) is 4.79 Å². The normalized spacial score (nSPS) is 24.4. The number of carbonyl (C=O) groups is 1. The highest BCUT2D eigenvalue weighted by Crippen LogP contribution is 2.37. The average Bonchev–Trinajstić information content (AvgIpc) is 2.91. The van der Waals surface area contributed by atoms with Crippen LogP contribution in [-0.2, 0) is 9.47 Å². The van der Waals surface area contributed by atoms with Gasteiger partial charge in [0.1, 0.15) is 0 Å². The molecular weight excluding hydrogens is 270 g/mol. The van der Waals surface area contributed by atoms with Crippen molar-refractivity contribution < 1.29 is 14.3 Å². The third-order valence-corrected chi connectivity index (χ3v) is 4.37. The van der Waals surface area contributed by atoms with Crippen LogP contribution in [-0.4, -0.2) is 59.0 Å². The summed E-state index contributed by atoms with van der Waals surface area (Å²) in [5.41, 5.74) is 0.508. The van der Waals surface area contributed by atoms with E-state index in [4.69, 9.17) is 9.47 Å². The molecule has 2 saturated heterocycles. The van der Waals surface area contributed by atoms with Crippen LogP contribution < -0.4 is 0 Å². The van der Waals surface area contributed by atoms with Gasteiger partial charge in [-0.05, 0) is 25.8 Å². The minimum atomic E-state index is -0.0902. The van der Waals surface area contributed by atoms with E-state index in [1.165, 1.54) is 6.20 Å². The first kappa shape index (κ1) is 14.4. The topological polar surface area (TPSA) is 64.6 Å². The largest absolute Gasteiger partial charge is 0.376 e. The third-order valence-electron chi connectivity index (χ3n) is 4.37. The summed E-state index contributed by atoms with van der Waals surface area (Å²) in [6, 6.07) is 1.71. The highest BCUT2D eigenvalue weighted by molar-refractivity contribution is 5.93. The van der Waals surface area contributed by atoms with Crippen LogP contribution in [0.2, 0.25) is 0 Å². The first-order chi connectivity index (χ1) is 10.2. The van der Waals surface area contributed by atoms with Crippen molar-refractivity contribution in [2.24, 2.45) is 0 Å². The molecule has 2 aliphatic heterocycles. The number of hydrogen-bond acceptors (Lipinski definition) is 5.